The number of carboxylic acid groups (broad SMARTS) is 1. The Morgan fingerprint density at radius 1 is 1.05 bits per heavy atom. The van der Waals surface area contributed by atoms with Crippen LogP contribution in [0.3, 0.4) is 0 Å². The lowest BCUT2D eigenvalue weighted by atomic mass is 9.98. The van der Waals surface area contributed by atoms with Crippen LogP contribution < -0.4 is 9.47 Å². The molecule has 0 aromatic heterocycles. The van der Waals surface area contributed by atoms with Gasteiger partial charge in [0.25, 0.3) is 0 Å². The molecule has 2 rings (SSSR count). The summed E-state index contributed by atoms with van der Waals surface area (Å²) in [7, 11) is 3.01. The number of halogens is 1. The first kappa shape index (κ1) is 14.2. The van der Waals surface area contributed by atoms with Crippen molar-refractivity contribution in [1.29, 1.82) is 0 Å². The molecule has 0 radical (unpaired) electrons. The quantitative estimate of drug-likeness (QED) is 0.933. The topological polar surface area (TPSA) is 55.8 Å². The standard InChI is InChI=1S/C15H13ClO4/c1-19-10-4-5-11(13(8-10)15(17)18)12-7-9(16)3-6-14(12)20-2/h3-8H,1-2H3,(H,17,18). The van der Waals surface area contributed by atoms with Crippen molar-refractivity contribution in [3.63, 3.8) is 0 Å². The Bertz CT molecular complexity index is 652. The summed E-state index contributed by atoms with van der Waals surface area (Å²) in [5.74, 6) is -0.00450. The molecule has 0 spiro atoms. The number of hydrogen-bond donors (Lipinski definition) is 1. The van der Waals surface area contributed by atoms with E-state index in [4.69, 9.17) is 21.1 Å². The van der Waals surface area contributed by atoms with Crippen LogP contribution in [0.25, 0.3) is 11.1 Å². The van der Waals surface area contributed by atoms with E-state index in [9.17, 15) is 9.90 Å². The molecule has 4 nitrogen and oxygen atoms in total. The molecular weight excluding hydrogens is 280 g/mol. The van der Waals surface area contributed by atoms with Gasteiger partial charge < -0.3 is 14.6 Å². The van der Waals surface area contributed by atoms with Crippen LogP contribution in [-0.4, -0.2) is 25.3 Å². The van der Waals surface area contributed by atoms with Crippen LogP contribution >= 0.6 is 11.6 Å². The van der Waals surface area contributed by atoms with E-state index >= 15 is 0 Å². The first-order chi connectivity index (χ1) is 9.56. The van der Waals surface area contributed by atoms with Crippen LogP contribution in [0.1, 0.15) is 10.4 Å². The first-order valence-corrected chi connectivity index (χ1v) is 6.20. The largest absolute Gasteiger partial charge is 0.497 e. The van der Waals surface area contributed by atoms with Gasteiger partial charge in [0.1, 0.15) is 11.5 Å². The fourth-order valence-electron chi connectivity index (χ4n) is 1.95. The lowest BCUT2D eigenvalue weighted by molar-refractivity contribution is 0.0697. The van der Waals surface area contributed by atoms with Crippen LogP contribution in [0.5, 0.6) is 11.5 Å². The van der Waals surface area contributed by atoms with E-state index in [0.717, 1.165) is 0 Å². The third kappa shape index (κ3) is 2.70. The molecule has 0 saturated heterocycles. The van der Waals surface area contributed by atoms with E-state index in [2.05, 4.69) is 0 Å². The van der Waals surface area contributed by atoms with E-state index in [1.807, 2.05) is 0 Å². The molecule has 0 aliphatic carbocycles. The molecule has 0 fully saturated rings. The van der Waals surface area contributed by atoms with Gasteiger partial charge in [-0.1, -0.05) is 11.6 Å². The lowest BCUT2D eigenvalue weighted by Crippen LogP contribution is -2.01. The molecule has 0 bridgehead atoms. The summed E-state index contributed by atoms with van der Waals surface area (Å²) in [5.41, 5.74) is 1.28. The van der Waals surface area contributed by atoms with Crippen molar-refractivity contribution in [3.8, 4) is 22.6 Å². The van der Waals surface area contributed by atoms with Gasteiger partial charge in [0, 0.05) is 16.1 Å². The summed E-state index contributed by atoms with van der Waals surface area (Å²) in [6, 6.07) is 9.91. The molecule has 2 aromatic carbocycles. The van der Waals surface area contributed by atoms with Gasteiger partial charge in [-0.2, -0.15) is 0 Å². The summed E-state index contributed by atoms with van der Waals surface area (Å²) in [4.78, 5) is 11.4. The molecular formula is C15H13ClO4. The van der Waals surface area contributed by atoms with E-state index in [1.54, 1.807) is 30.3 Å². The monoisotopic (exact) mass is 292 g/mol. The summed E-state index contributed by atoms with van der Waals surface area (Å²) in [5, 5.41) is 9.86. The predicted molar refractivity (Wildman–Crippen MR) is 77.0 cm³/mol. The van der Waals surface area contributed by atoms with Crippen LogP contribution in [-0.2, 0) is 0 Å². The average Bonchev–Trinajstić information content (AvgIpc) is 2.46. The Kier molecular flexibility index (Phi) is 4.15. The van der Waals surface area contributed by atoms with Gasteiger partial charge >= 0.3 is 5.97 Å². The van der Waals surface area contributed by atoms with Gasteiger partial charge in [0.15, 0.2) is 0 Å². The Morgan fingerprint density at radius 3 is 2.40 bits per heavy atom. The molecule has 1 N–H and O–H groups in total. The number of methoxy groups -OCH3 is 2. The predicted octanol–water partition coefficient (Wildman–Crippen LogP) is 3.72. The number of benzene rings is 2. The van der Waals surface area contributed by atoms with Crippen molar-refractivity contribution in [1.82, 2.24) is 0 Å². The Balaban J connectivity index is 2.68. The van der Waals surface area contributed by atoms with Crippen molar-refractivity contribution < 1.29 is 19.4 Å². The zero-order valence-electron chi connectivity index (χ0n) is 11.0. The number of hydrogen-bond acceptors (Lipinski definition) is 3. The second kappa shape index (κ2) is 5.84. The molecule has 0 saturated carbocycles. The fraction of sp³-hybridized carbons (Fsp3) is 0.133. The summed E-state index contributed by atoms with van der Waals surface area (Å²) in [6.45, 7) is 0. The van der Waals surface area contributed by atoms with Gasteiger partial charge in [-0.25, -0.2) is 4.79 Å². The summed E-state index contributed by atoms with van der Waals surface area (Å²) < 4.78 is 10.3. The van der Waals surface area contributed by atoms with Crippen molar-refractivity contribution in [2.75, 3.05) is 14.2 Å². The maximum atomic E-state index is 11.4. The number of ether oxygens (including phenoxy) is 2. The summed E-state index contributed by atoms with van der Waals surface area (Å²) in [6.07, 6.45) is 0. The van der Waals surface area contributed by atoms with Gasteiger partial charge in [0.05, 0.1) is 19.8 Å². The van der Waals surface area contributed by atoms with Crippen LogP contribution in [0.15, 0.2) is 36.4 Å². The van der Waals surface area contributed by atoms with Crippen LogP contribution in [0.4, 0.5) is 0 Å². The minimum absolute atomic E-state index is 0.130. The second-order valence-corrected chi connectivity index (χ2v) is 4.50. The minimum Gasteiger partial charge on any atom is -0.497 e. The van der Waals surface area contributed by atoms with Gasteiger partial charge in [-0.05, 0) is 36.4 Å². The molecule has 5 heteroatoms. The van der Waals surface area contributed by atoms with E-state index in [-0.39, 0.29) is 5.56 Å². The number of carboxylic acids is 1. The lowest BCUT2D eigenvalue weighted by Gasteiger charge is -2.12. The Labute approximate surface area is 121 Å². The molecule has 104 valence electrons. The van der Waals surface area contributed by atoms with E-state index in [1.165, 1.54) is 20.3 Å². The molecule has 2 aromatic rings. The molecule has 0 atom stereocenters. The maximum Gasteiger partial charge on any atom is 0.336 e. The SMILES string of the molecule is COc1ccc(-c2cc(Cl)ccc2OC)c(C(=O)O)c1. The zero-order chi connectivity index (χ0) is 14.7. The number of carbonyl (C=O) groups is 1. The van der Waals surface area contributed by atoms with E-state index in [0.29, 0.717) is 27.6 Å². The highest BCUT2D eigenvalue weighted by Gasteiger charge is 2.16. The highest BCUT2D eigenvalue weighted by molar-refractivity contribution is 6.31. The molecule has 0 amide bonds. The number of rotatable bonds is 4. The molecule has 20 heavy (non-hydrogen) atoms. The highest BCUT2D eigenvalue weighted by atomic mass is 35.5. The van der Waals surface area contributed by atoms with Crippen molar-refractivity contribution in [3.05, 3.63) is 47.0 Å². The normalized spacial score (nSPS) is 10.2. The molecule has 0 aliphatic rings. The minimum atomic E-state index is -1.04. The van der Waals surface area contributed by atoms with Gasteiger partial charge in [0.2, 0.25) is 0 Å². The van der Waals surface area contributed by atoms with E-state index < -0.39 is 5.97 Å². The van der Waals surface area contributed by atoms with Crippen molar-refractivity contribution >= 4 is 17.6 Å². The fourth-order valence-corrected chi connectivity index (χ4v) is 2.12. The molecule has 0 unspecified atom stereocenters. The smallest absolute Gasteiger partial charge is 0.336 e. The van der Waals surface area contributed by atoms with Gasteiger partial charge in [-0.15, -0.1) is 0 Å². The van der Waals surface area contributed by atoms with Crippen LogP contribution in [0.2, 0.25) is 5.02 Å². The van der Waals surface area contributed by atoms with Crippen molar-refractivity contribution in [2.24, 2.45) is 0 Å². The van der Waals surface area contributed by atoms with Crippen LogP contribution in [0, 0.1) is 0 Å². The third-order valence-corrected chi connectivity index (χ3v) is 3.14. The Morgan fingerprint density at radius 2 is 1.80 bits per heavy atom. The maximum absolute atomic E-state index is 11.4. The number of aromatic carboxylic acids is 1. The third-order valence-electron chi connectivity index (χ3n) is 2.91. The Hall–Kier alpha value is -2.20. The second-order valence-electron chi connectivity index (χ2n) is 4.06. The molecule has 0 aliphatic heterocycles. The highest BCUT2D eigenvalue weighted by Crippen LogP contribution is 2.36. The summed E-state index contributed by atoms with van der Waals surface area (Å²) >= 11 is 5.99. The molecule has 0 heterocycles. The average molecular weight is 293 g/mol. The van der Waals surface area contributed by atoms with Gasteiger partial charge in [-0.3, -0.25) is 0 Å². The first-order valence-electron chi connectivity index (χ1n) is 5.82. The zero-order valence-corrected chi connectivity index (χ0v) is 11.8. The van der Waals surface area contributed by atoms with Crippen molar-refractivity contribution in [2.45, 2.75) is 0 Å².